The van der Waals surface area contributed by atoms with Gasteiger partial charge in [-0.05, 0) is 6.42 Å². The SMILES string of the molecule is CCCCCCCCCCCCCCCCC(=O)NOP. The second-order valence-corrected chi connectivity index (χ2v) is 6.22. The third-order valence-corrected chi connectivity index (χ3v) is 4.05. The number of amides is 1. The predicted molar refractivity (Wildman–Crippen MR) is 93.9 cm³/mol. The standard InChI is InChI=1S/C17H36NO2P/c1-2-3-4-5-6-7-8-9-10-11-12-13-14-15-16-17(19)18-20-21/h2-16,21H2,1H3,(H,18,19). The van der Waals surface area contributed by atoms with Crippen LogP contribution in [0.4, 0.5) is 0 Å². The van der Waals surface area contributed by atoms with Crippen LogP contribution in [0.15, 0.2) is 0 Å². The minimum absolute atomic E-state index is 0.0241. The van der Waals surface area contributed by atoms with E-state index in [1.165, 1.54) is 77.0 Å². The van der Waals surface area contributed by atoms with Gasteiger partial charge in [-0.25, -0.2) is 5.48 Å². The average Bonchev–Trinajstić information content (AvgIpc) is 2.48. The van der Waals surface area contributed by atoms with Crippen LogP contribution in [0.25, 0.3) is 0 Å². The molecule has 0 aliphatic carbocycles. The van der Waals surface area contributed by atoms with Crippen LogP contribution in [0.3, 0.4) is 0 Å². The first-order chi connectivity index (χ1) is 10.3. The van der Waals surface area contributed by atoms with Gasteiger partial charge in [-0.15, -0.1) is 0 Å². The summed E-state index contributed by atoms with van der Waals surface area (Å²) in [5, 5.41) is 0. The topological polar surface area (TPSA) is 38.3 Å². The lowest BCUT2D eigenvalue weighted by atomic mass is 10.0. The van der Waals surface area contributed by atoms with E-state index in [1.54, 1.807) is 0 Å². The number of nitrogens with one attached hydrogen (secondary N) is 1. The van der Waals surface area contributed by atoms with Crippen molar-refractivity contribution in [3.63, 3.8) is 0 Å². The third kappa shape index (κ3) is 17.8. The summed E-state index contributed by atoms with van der Waals surface area (Å²) in [5.74, 6) is -0.0241. The molecule has 0 aliphatic heterocycles. The first-order valence-electron chi connectivity index (χ1n) is 8.95. The van der Waals surface area contributed by atoms with Crippen LogP contribution >= 0.6 is 9.47 Å². The van der Waals surface area contributed by atoms with Crippen LogP contribution in [0.2, 0.25) is 0 Å². The first-order valence-corrected chi connectivity index (χ1v) is 9.43. The van der Waals surface area contributed by atoms with Gasteiger partial charge in [0.15, 0.2) is 0 Å². The van der Waals surface area contributed by atoms with Gasteiger partial charge in [0.1, 0.15) is 0 Å². The molecule has 0 fully saturated rings. The van der Waals surface area contributed by atoms with E-state index in [4.69, 9.17) is 0 Å². The molecule has 0 heterocycles. The van der Waals surface area contributed by atoms with E-state index in [1.807, 2.05) is 9.47 Å². The van der Waals surface area contributed by atoms with E-state index in [-0.39, 0.29) is 5.91 Å². The van der Waals surface area contributed by atoms with Crippen molar-refractivity contribution in [2.24, 2.45) is 0 Å². The van der Waals surface area contributed by atoms with Crippen molar-refractivity contribution < 1.29 is 9.42 Å². The molecule has 4 heteroatoms. The highest BCUT2D eigenvalue weighted by Gasteiger charge is 1.99. The van der Waals surface area contributed by atoms with Crippen molar-refractivity contribution in [2.45, 2.75) is 103 Å². The molecule has 0 spiro atoms. The quantitative estimate of drug-likeness (QED) is 0.225. The Kier molecular flexibility index (Phi) is 17.8. The molecule has 0 aliphatic rings. The fraction of sp³-hybridized carbons (Fsp3) is 0.941. The normalized spacial score (nSPS) is 10.8. The second kappa shape index (κ2) is 17.9. The highest BCUT2D eigenvalue weighted by Crippen LogP contribution is 2.13. The summed E-state index contributed by atoms with van der Waals surface area (Å²) in [4.78, 5) is 11.1. The molecule has 21 heavy (non-hydrogen) atoms. The van der Waals surface area contributed by atoms with Gasteiger partial charge in [-0.3, -0.25) is 9.42 Å². The molecule has 1 atom stereocenters. The van der Waals surface area contributed by atoms with Crippen molar-refractivity contribution in [1.82, 2.24) is 5.48 Å². The number of carbonyl (C=O) groups is 1. The highest BCUT2D eigenvalue weighted by atomic mass is 31.0. The lowest BCUT2D eigenvalue weighted by Gasteiger charge is -2.03. The largest absolute Gasteiger partial charge is 0.273 e. The minimum Gasteiger partial charge on any atom is -0.273 e. The van der Waals surface area contributed by atoms with E-state index in [0.717, 1.165) is 12.8 Å². The molecule has 1 unspecified atom stereocenters. The molecule has 0 aromatic rings. The second-order valence-electron chi connectivity index (χ2n) is 5.99. The summed E-state index contributed by atoms with van der Waals surface area (Å²) in [5.41, 5.74) is 2.32. The van der Waals surface area contributed by atoms with Gasteiger partial charge < -0.3 is 0 Å². The Morgan fingerprint density at radius 3 is 1.52 bits per heavy atom. The zero-order chi connectivity index (χ0) is 15.6. The molecule has 1 amide bonds. The van der Waals surface area contributed by atoms with E-state index in [0.29, 0.717) is 6.42 Å². The number of hydrogen-bond donors (Lipinski definition) is 1. The monoisotopic (exact) mass is 317 g/mol. The summed E-state index contributed by atoms with van der Waals surface area (Å²) in [7, 11) is 2.02. The predicted octanol–water partition coefficient (Wildman–Crippen LogP) is 5.70. The van der Waals surface area contributed by atoms with Crippen molar-refractivity contribution in [3.05, 3.63) is 0 Å². The van der Waals surface area contributed by atoms with Crippen LogP contribution in [0.5, 0.6) is 0 Å². The van der Waals surface area contributed by atoms with Crippen LogP contribution in [0.1, 0.15) is 103 Å². The Hall–Kier alpha value is -0.140. The van der Waals surface area contributed by atoms with E-state index < -0.39 is 0 Å². The Balaban J connectivity index is 3.01. The minimum atomic E-state index is -0.0241. The molecule has 0 saturated carbocycles. The van der Waals surface area contributed by atoms with E-state index >= 15 is 0 Å². The Labute approximate surface area is 134 Å². The molecule has 0 radical (unpaired) electrons. The first kappa shape index (κ1) is 20.9. The lowest BCUT2D eigenvalue weighted by Crippen LogP contribution is -2.18. The highest BCUT2D eigenvalue weighted by molar-refractivity contribution is 7.09. The summed E-state index contributed by atoms with van der Waals surface area (Å²) in [6, 6.07) is 0. The van der Waals surface area contributed by atoms with Crippen LogP contribution in [-0.2, 0) is 9.42 Å². The van der Waals surface area contributed by atoms with Gasteiger partial charge in [0.05, 0.1) is 0 Å². The van der Waals surface area contributed by atoms with Crippen LogP contribution in [0, 0.1) is 0 Å². The van der Waals surface area contributed by atoms with Crippen molar-refractivity contribution in [2.75, 3.05) is 0 Å². The van der Waals surface area contributed by atoms with Crippen molar-refractivity contribution in [3.8, 4) is 0 Å². The number of hydrogen-bond acceptors (Lipinski definition) is 2. The summed E-state index contributed by atoms with van der Waals surface area (Å²) >= 11 is 0. The summed E-state index contributed by atoms with van der Waals surface area (Å²) in [6.07, 6.45) is 19.3. The third-order valence-electron chi connectivity index (χ3n) is 3.93. The summed E-state index contributed by atoms with van der Waals surface area (Å²) < 4.78 is 4.49. The number of hydroxylamine groups is 1. The van der Waals surface area contributed by atoms with Crippen LogP contribution < -0.4 is 5.48 Å². The van der Waals surface area contributed by atoms with E-state index in [9.17, 15) is 4.79 Å². The van der Waals surface area contributed by atoms with Gasteiger partial charge in [0.2, 0.25) is 5.91 Å². The molecule has 126 valence electrons. The maximum Gasteiger partial charge on any atom is 0.243 e. The molecule has 0 rings (SSSR count). The van der Waals surface area contributed by atoms with Crippen LogP contribution in [-0.4, -0.2) is 5.91 Å². The number of unbranched alkanes of at least 4 members (excludes halogenated alkanes) is 13. The molecule has 0 aromatic heterocycles. The maximum atomic E-state index is 11.1. The molecule has 0 saturated heterocycles. The van der Waals surface area contributed by atoms with E-state index in [2.05, 4.69) is 17.0 Å². The Bertz CT molecular complexity index is 225. The molecule has 3 nitrogen and oxygen atoms in total. The molecule has 0 bridgehead atoms. The average molecular weight is 317 g/mol. The van der Waals surface area contributed by atoms with Crippen molar-refractivity contribution in [1.29, 1.82) is 0 Å². The lowest BCUT2D eigenvalue weighted by molar-refractivity contribution is -0.127. The van der Waals surface area contributed by atoms with Gasteiger partial charge in [0, 0.05) is 15.9 Å². The van der Waals surface area contributed by atoms with Gasteiger partial charge >= 0.3 is 0 Å². The smallest absolute Gasteiger partial charge is 0.243 e. The molecular weight excluding hydrogens is 281 g/mol. The van der Waals surface area contributed by atoms with Gasteiger partial charge in [0.25, 0.3) is 0 Å². The fourth-order valence-electron chi connectivity index (χ4n) is 2.60. The molecular formula is C17H36NO2P. The maximum absolute atomic E-state index is 11.1. The van der Waals surface area contributed by atoms with Gasteiger partial charge in [-0.2, -0.15) is 0 Å². The Morgan fingerprint density at radius 1 is 0.762 bits per heavy atom. The zero-order valence-corrected chi connectivity index (χ0v) is 15.2. The zero-order valence-electron chi connectivity index (χ0n) is 14.0. The van der Waals surface area contributed by atoms with Crippen molar-refractivity contribution >= 4 is 15.4 Å². The number of rotatable bonds is 16. The fourth-order valence-corrected chi connectivity index (χ4v) is 2.73. The Morgan fingerprint density at radius 2 is 1.14 bits per heavy atom. The number of carbonyl (C=O) groups excluding carboxylic acids is 1. The summed E-state index contributed by atoms with van der Waals surface area (Å²) in [6.45, 7) is 2.27. The molecule has 0 aromatic carbocycles. The van der Waals surface area contributed by atoms with Gasteiger partial charge in [-0.1, -0.05) is 90.4 Å². The molecule has 1 N–H and O–H groups in total.